The van der Waals surface area contributed by atoms with Crippen molar-refractivity contribution in [2.24, 2.45) is 0 Å². The van der Waals surface area contributed by atoms with Crippen molar-refractivity contribution in [1.82, 2.24) is 5.32 Å². The zero-order valence-electron chi connectivity index (χ0n) is 6.84. The van der Waals surface area contributed by atoms with Crippen LogP contribution in [0.3, 0.4) is 0 Å². The Morgan fingerprint density at radius 1 is 1.57 bits per heavy atom. The maximum atomic E-state index is 12.7. The third kappa shape index (κ3) is 2.83. The van der Waals surface area contributed by atoms with Crippen LogP contribution in [0.4, 0.5) is 10.1 Å². The first kappa shape index (κ1) is 10.7. The predicted molar refractivity (Wildman–Crippen MR) is 56.4 cm³/mol. The van der Waals surface area contributed by atoms with Crippen molar-refractivity contribution >= 4 is 34.6 Å². The normalized spacial score (nSPS) is 8.93. The quantitative estimate of drug-likeness (QED) is 0.441. The van der Waals surface area contributed by atoms with Crippen molar-refractivity contribution < 1.29 is 4.39 Å². The summed E-state index contributed by atoms with van der Waals surface area (Å²) in [4.78, 5) is 0. The van der Waals surface area contributed by atoms with Crippen LogP contribution in [0.15, 0.2) is 18.2 Å². The summed E-state index contributed by atoms with van der Waals surface area (Å²) in [6.07, 6.45) is 1.65. The number of halogens is 2. The number of nitrogens with one attached hydrogen (secondary N) is 2. The molecule has 1 aromatic carbocycles. The monoisotopic (exact) mass is 229 g/mol. The van der Waals surface area contributed by atoms with Crippen molar-refractivity contribution in [1.29, 1.82) is 5.26 Å². The number of hydrogen-bond donors (Lipinski definition) is 2. The largest absolute Gasteiger partial charge is 0.332 e. The molecule has 2 N–H and O–H groups in total. The van der Waals surface area contributed by atoms with E-state index in [1.807, 2.05) is 0 Å². The number of thiocarbonyl (C=S) groups is 1. The number of rotatable bonds is 1. The summed E-state index contributed by atoms with van der Waals surface area (Å²) in [7, 11) is 0. The van der Waals surface area contributed by atoms with Crippen LogP contribution in [-0.2, 0) is 0 Å². The molecular weight excluding hydrogens is 225 g/mol. The minimum atomic E-state index is -0.503. The van der Waals surface area contributed by atoms with E-state index in [1.54, 1.807) is 6.19 Å². The molecule has 0 amide bonds. The summed E-state index contributed by atoms with van der Waals surface area (Å²) in [5, 5.41) is 13.2. The van der Waals surface area contributed by atoms with E-state index in [0.717, 1.165) is 0 Å². The molecule has 0 aliphatic carbocycles. The molecule has 0 aromatic heterocycles. The first-order valence-corrected chi connectivity index (χ1v) is 4.33. The lowest BCUT2D eigenvalue weighted by molar-refractivity contribution is 0.628. The maximum Gasteiger partial charge on any atom is 0.184 e. The zero-order valence-corrected chi connectivity index (χ0v) is 8.42. The molecular formula is C8H5ClFN3S. The number of benzene rings is 1. The lowest BCUT2D eigenvalue weighted by Gasteiger charge is -2.05. The smallest absolute Gasteiger partial charge is 0.184 e. The minimum absolute atomic E-state index is 0.00485. The highest BCUT2D eigenvalue weighted by atomic mass is 35.5. The molecule has 3 nitrogen and oxygen atoms in total. The van der Waals surface area contributed by atoms with Gasteiger partial charge in [0, 0.05) is 5.69 Å². The summed E-state index contributed by atoms with van der Waals surface area (Å²) >= 11 is 10.3. The Kier molecular flexibility index (Phi) is 3.63. The minimum Gasteiger partial charge on any atom is -0.332 e. The summed E-state index contributed by atoms with van der Waals surface area (Å²) in [5.41, 5.74) is 0.518. The van der Waals surface area contributed by atoms with E-state index < -0.39 is 5.82 Å². The van der Waals surface area contributed by atoms with Crippen molar-refractivity contribution in [2.75, 3.05) is 5.32 Å². The van der Waals surface area contributed by atoms with Gasteiger partial charge >= 0.3 is 0 Å². The van der Waals surface area contributed by atoms with Crippen molar-refractivity contribution in [3.63, 3.8) is 0 Å². The van der Waals surface area contributed by atoms with Gasteiger partial charge in [0.2, 0.25) is 0 Å². The zero-order chi connectivity index (χ0) is 10.6. The average molecular weight is 230 g/mol. The van der Waals surface area contributed by atoms with Gasteiger partial charge in [0.1, 0.15) is 5.82 Å². The van der Waals surface area contributed by atoms with Crippen LogP contribution in [-0.4, -0.2) is 5.11 Å². The lowest BCUT2D eigenvalue weighted by Crippen LogP contribution is -2.23. The van der Waals surface area contributed by atoms with Crippen molar-refractivity contribution in [2.45, 2.75) is 0 Å². The van der Waals surface area contributed by atoms with E-state index >= 15 is 0 Å². The van der Waals surface area contributed by atoms with Gasteiger partial charge in [-0.1, -0.05) is 11.6 Å². The fraction of sp³-hybridized carbons (Fsp3) is 0. The molecule has 0 saturated heterocycles. The third-order valence-corrected chi connectivity index (χ3v) is 1.84. The highest BCUT2D eigenvalue weighted by Gasteiger charge is 2.01. The summed E-state index contributed by atoms with van der Waals surface area (Å²) < 4.78 is 12.7. The predicted octanol–water partition coefficient (Wildman–Crippen LogP) is 2.25. The van der Waals surface area contributed by atoms with E-state index in [4.69, 9.17) is 29.1 Å². The Bertz CT molecular complexity index is 402. The molecule has 0 saturated carbocycles. The lowest BCUT2D eigenvalue weighted by atomic mass is 10.3. The van der Waals surface area contributed by atoms with Crippen LogP contribution in [0, 0.1) is 17.3 Å². The fourth-order valence-corrected chi connectivity index (χ4v) is 1.13. The van der Waals surface area contributed by atoms with E-state index in [9.17, 15) is 4.39 Å². The Labute approximate surface area is 90.5 Å². The van der Waals surface area contributed by atoms with E-state index in [-0.39, 0.29) is 10.1 Å². The Hall–Kier alpha value is -1.38. The van der Waals surface area contributed by atoms with Crippen molar-refractivity contribution in [3.05, 3.63) is 29.0 Å². The molecule has 72 valence electrons. The Balaban J connectivity index is 2.74. The van der Waals surface area contributed by atoms with Gasteiger partial charge in [-0.05, 0) is 30.4 Å². The molecule has 1 rings (SSSR count). The molecule has 0 aliphatic heterocycles. The van der Waals surface area contributed by atoms with Crippen LogP contribution in [0.2, 0.25) is 5.02 Å². The van der Waals surface area contributed by atoms with Gasteiger partial charge in [-0.3, -0.25) is 5.32 Å². The molecule has 6 heteroatoms. The molecule has 0 aliphatic rings. The van der Waals surface area contributed by atoms with Gasteiger partial charge in [-0.2, -0.15) is 5.26 Å². The van der Waals surface area contributed by atoms with Crippen LogP contribution >= 0.6 is 23.8 Å². The first-order chi connectivity index (χ1) is 6.63. The third-order valence-electron chi connectivity index (χ3n) is 1.35. The molecule has 0 fully saturated rings. The SMILES string of the molecule is N#CNC(=S)Nc1ccc(F)c(Cl)c1. The Morgan fingerprint density at radius 2 is 2.29 bits per heavy atom. The first-order valence-electron chi connectivity index (χ1n) is 3.54. The average Bonchev–Trinajstić information content (AvgIpc) is 2.12. The highest BCUT2D eigenvalue weighted by Crippen LogP contribution is 2.18. The second kappa shape index (κ2) is 4.74. The van der Waals surface area contributed by atoms with Crippen molar-refractivity contribution in [3.8, 4) is 6.19 Å². The second-order valence-corrected chi connectivity index (χ2v) is 3.14. The standard InChI is InChI=1S/C8H5ClFN3S/c9-6-3-5(1-2-7(6)10)13-8(14)12-4-11/h1-3H,(H2,12,13,14). The fourth-order valence-electron chi connectivity index (χ4n) is 0.787. The molecule has 0 bridgehead atoms. The van der Waals surface area contributed by atoms with Crippen LogP contribution in [0.25, 0.3) is 0 Å². The molecule has 0 spiro atoms. The second-order valence-electron chi connectivity index (χ2n) is 2.32. The van der Waals surface area contributed by atoms with Gasteiger partial charge in [0.05, 0.1) is 5.02 Å². The number of nitrogens with zero attached hydrogens (tertiary/aromatic N) is 1. The summed E-state index contributed by atoms with van der Waals surface area (Å²) in [6, 6.07) is 4.05. The maximum absolute atomic E-state index is 12.7. The van der Waals surface area contributed by atoms with Crippen LogP contribution in [0.5, 0.6) is 0 Å². The van der Waals surface area contributed by atoms with E-state index in [0.29, 0.717) is 5.69 Å². The van der Waals surface area contributed by atoms with Gasteiger partial charge in [0.25, 0.3) is 0 Å². The summed E-state index contributed by atoms with van der Waals surface area (Å²) in [5.74, 6) is -0.503. The van der Waals surface area contributed by atoms with Gasteiger partial charge < -0.3 is 5.32 Å². The van der Waals surface area contributed by atoms with E-state index in [2.05, 4.69) is 10.6 Å². The molecule has 0 radical (unpaired) electrons. The molecule has 0 unspecified atom stereocenters. The molecule has 1 aromatic rings. The summed E-state index contributed by atoms with van der Waals surface area (Å²) in [6.45, 7) is 0. The number of anilines is 1. The topological polar surface area (TPSA) is 47.9 Å². The van der Waals surface area contributed by atoms with Crippen LogP contribution in [0.1, 0.15) is 0 Å². The molecule has 14 heavy (non-hydrogen) atoms. The van der Waals surface area contributed by atoms with Gasteiger partial charge in [-0.15, -0.1) is 0 Å². The Morgan fingerprint density at radius 3 is 2.86 bits per heavy atom. The number of hydrogen-bond acceptors (Lipinski definition) is 2. The highest BCUT2D eigenvalue weighted by molar-refractivity contribution is 7.80. The molecule has 0 heterocycles. The molecule has 0 atom stereocenters. The van der Waals surface area contributed by atoms with Crippen LogP contribution < -0.4 is 10.6 Å². The van der Waals surface area contributed by atoms with Gasteiger partial charge in [-0.25, -0.2) is 4.39 Å². The van der Waals surface area contributed by atoms with E-state index in [1.165, 1.54) is 18.2 Å². The van der Waals surface area contributed by atoms with Gasteiger partial charge in [0.15, 0.2) is 11.3 Å². The number of nitriles is 1.